The summed E-state index contributed by atoms with van der Waals surface area (Å²) in [6, 6.07) is 18.7. The molecule has 1 aromatic heterocycles. The van der Waals surface area contributed by atoms with Crippen molar-refractivity contribution in [1.29, 1.82) is 0 Å². The lowest BCUT2D eigenvalue weighted by molar-refractivity contribution is 0.0637. The van der Waals surface area contributed by atoms with Crippen LogP contribution in [0, 0.1) is 5.82 Å². The molecule has 3 aromatic carbocycles. The van der Waals surface area contributed by atoms with Gasteiger partial charge in [-0.15, -0.1) is 0 Å². The second-order valence-corrected chi connectivity index (χ2v) is 16.3. The molecule has 2 atom stereocenters. The molecule has 1 saturated heterocycles. The molecule has 11 nitrogen and oxygen atoms in total. The van der Waals surface area contributed by atoms with Gasteiger partial charge in [0.15, 0.2) is 0 Å². The lowest BCUT2D eigenvalue weighted by Gasteiger charge is -2.34. The number of halogens is 3. The van der Waals surface area contributed by atoms with Gasteiger partial charge in [-0.1, -0.05) is 59.6 Å². The van der Waals surface area contributed by atoms with E-state index in [1.807, 2.05) is 4.90 Å². The van der Waals surface area contributed by atoms with Gasteiger partial charge in [-0.25, -0.2) is 30.3 Å². The van der Waals surface area contributed by atoms with E-state index in [0.29, 0.717) is 53.9 Å². The molecule has 258 valence electrons. The topological polar surface area (TPSA) is 129 Å². The number of piperazine rings is 1. The number of nitrogens with zero attached hydrogens (tertiary/aromatic N) is 4. The number of aromatic nitrogens is 1. The van der Waals surface area contributed by atoms with E-state index in [9.17, 15) is 26.4 Å². The van der Waals surface area contributed by atoms with Crippen LogP contribution in [0.4, 0.5) is 10.2 Å². The summed E-state index contributed by atoms with van der Waals surface area (Å²) in [7, 11) is -7.96. The van der Waals surface area contributed by atoms with Gasteiger partial charge in [-0.2, -0.15) is 0 Å². The normalized spacial score (nSPS) is 18.4. The molecule has 2 aliphatic heterocycles. The first-order chi connectivity index (χ1) is 23.3. The highest BCUT2D eigenvalue weighted by molar-refractivity contribution is 7.92. The van der Waals surface area contributed by atoms with Gasteiger partial charge < -0.3 is 4.90 Å². The van der Waals surface area contributed by atoms with Crippen LogP contribution in [-0.2, 0) is 20.0 Å². The Hall–Kier alpha value is -3.79. The Morgan fingerprint density at radius 3 is 1.96 bits per heavy atom. The predicted octanol–water partition coefficient (Wildman–Crippen LogP) is 4.14. The van der Waals surface area contributed by atoms with Crippen molar-refractivity contribution in [2.24, 2.45) is 0 Å². The Morgan fingerprint density at radius 1 is 0.816 bits per heavy atom. The van der Waals surface area contributed by atoms with Crippen LogP contribution in [0.25, 0.3) is 0 Å². The first kappa shape index (κ1) is 35.1. The smallest absolute Gasteiger partial charge is 0.269 e. The summed E-state index contributed by atoms with van der Waals surface area (Å²) in [5, 5.41) is 0.825. The molecule has 16 heteroatoms. The minimum absolute atomic E-state index is 0.0482. The van der Waals surface area contributed by atoms with Gasteiger partial charge in [0.1, 0.15) is 22.1 Å². The van der Waals surface area contributed by atoms with Crippen molar-refractivity contribution in [2.75, 3.05) is 49.8 Å². The van der Waals surface area contributed by atoms with Crippen LogP contribution in [0.3, 0.4) is 0 Å². The molecular weight excluding hydrogens is 716 g/mol. The highest BCUT2D eigenvalue weighted by Gasteiger charge is 2.48. The van der Waals surface area contributed by atoms with Gasteiger partial charge in [-0.05, 0) is 59.7 Å². The van der Waals surface area contributed by atoms with Crippen molar-refractivity contribution < 1.29 is 26.0 Å². The molecule has 3 heterocycles. The number of fused-ring (bicyclic) bond motifs is 1. The zero-order valence-electron chi connectivity index (χ0n) is 26.2. The maximum Gasteiger partial charge on any atom is 0.269 e. The number of nitrogens with one attached hydrogen (secondary N) is 1. The molecule has 2 aliphatic rings. The third-order valence-electron chi connectivity index (χ3n) is 8.63. The number of sulfonamides is 2. The summed E-state index contributed by atoms with van der Waals surface area (Å²) in [5.74, 6) is -1.53. The first-order valence-corrected chi connectivity index (χ1v) is 19.4. The fourth-order valence-corrected chi connectivity index (χ4v) is 8.72. The summed E-state index contributed by atoms with van der Waals surface area (Å²) in [5.41, 5.74) is 0.129. The van der Waals surface area contributed by atoms with E-state index in [4.69, 9.17) is 23.2 Å². The Balaban J connectivity index is 1.44. The minimum Gasteiger partial charge on any atom is -0.336 e. The van der Waals surface area contributed by atoms with E-state index in [-0.39, 0.29) is 17.9 Å². The van der Waals surface area contributed by atoms with Crippen molar-refractivity contribution in [2.45, 2.75) is 17.0 Å². The second-order valence-electron chi connectivity index (χ2n) is 11.8. The summed E-state index contributed by atoms with van der Waals surface area (Å²) in [6.45, 7) is 2.19. The molecule has 0 aliphatic carbocycles. The Morgan fingerprint density at radius 2 is 1.39 bits per heavy atom. The second kappa shape index (κ2) is 13.8. The molecule has 6 rings (SSSR count). The van der Waals surface area contributed by atoms with Crippen molar-refractivity contribution in [3.63, 3.8) is 0 Å². The molecular formula is C33H32Cl2FN5O6S2. The average Bonchev–Trinajstić information content (AvgIpc) is 3.42. The number of pyridine rings is 1. The monoisotopic (exact) mass is 747 g/mol. The zero-order chi connectivity index (χ0) is 35.1. The Labute approximate surface area is 293 Å². The predicted molar refractivity (Wildman–Crippen MR) is 186 cm³/mol. The van der Waals surface area contributed by atoms with Crippen molar-refractivity contribution in [1.82, 2.24) is 19.1 Å². The van der Waals surface area contributed by atoms with Crippen molar-refractivity contribution in [3.8, 4) is 0 Å². The fraction of sp³-hybridized carbons (Fsp3) is 0.273. The fourth-order valence-electron chi connectivity index (χ4n) is 6.30. The largest absolute Gasteiger partial charge is 0.336 e. The van der Waals surface area contributed by atoms with Crippen molar-refractivity contribution in [3.05, 3.63) is 128 Å². The number of hydrogen-bond donors (Lipinski definition) is 1. The van der Waals surface area contributed by atoms with Gasteiger partial charge >= 0.3 is 0 Å². The highest BCUT2D eigenvalue weighted by atomic mass is 35.5. The maximum atomic E-state index is 15.2. The number of benzene rings is 3. The van der Waals surface area contributed by atoms with E-state index in [2.05, 4.69) is 4.72 Å². The van der Waals surface area contributed by atoms with Gasteiger partial charge in [0.2, 0.25) is 10.0 Å². The molecule has 0 radical (unpaired) electrons. The summed E-state index contributed by atoms with van der Waals surface area (Å²) in [6.07, 6.45) is 1.09. The van der Waals surface area contributed by atoms with Gasteiger partial charge in [0.05, 0.1) is 18.3 Å². The standard InChI is InChI=1S/C33H32Cl2FN5O6S2/c1-48(44,45)37-16-17-38-18-20-39(21-19-38)32(42)26-14-15-29-40(33(26)43)30(22-6-10-24(34)11-7-22)31(23-8-12-25(35)13-9-23)41(29)49(46,47)28-5-3-2-4-27(28)36/h2-15,30-31,37H,16-21H2,1H3/t30-,31+/m0/s1. The molecule has 1 fully saturated rings. The average molecular weight is 749 g/mol. The van der Waals surface area contributed by atoms with Crippen LogP contribution in [0.5, 0.6) is 0 Å². The molecule has 0 unspecified atom stereocenters. The summed E-state index contributed by atoms with van der Waals surface area (Å²) >= 11 is 12.4. The molecule has 1 N–H and O–H groups in total. The van der Waals surface area contributed by atoms with Crippen LogP contribution in [0.15, 0.2) is 94.6 Å². The molecule has 0 spiro atoms. The summed E-state index contributed by atoms with van der Waals surface area (Å²) < 4.78 is 71.6. The van der Waals surface area contributed by atoms with Gasteiger partial charge in [0, 0.05) is 49.3 Å². The SMILES string of the molecule is CS(=O)(=O)NCCN1CCN(C(=O)c2ccc3n(c2=O)[C@@H](c2ccc(Cl)cc2)[C@@H](c2ccc(Cl)cc2)N3S(=O)(=O)c2ccccc2F)CC1. The lowest BCUT2D eigenvalue weighted by Crippen LogP contribution is -2.51. The third-order valence-corrected chi connectivity index (χ3v) is 11.7. The molecule has 4 aromatic rings. The van der Waals surface area contributed by atoms with Crippen LogP contribution in [0.2, 0.25) is 10.0 Å². The number of carbonyl (C=O) groups excluding carboxylic acids is 1. The summed E-state index contributed by atoms with van der Waals surface area (Å²) in [4.78, 5) is 31.4. The zero-order valence-corrected chi connectivity index (χ0v) is 29.3. The van der Waals surface area contributed by atoms with Gasteiger partial charge in [0.25, 0.3) is 21.5 Å². The number of rotatable bonds is 9. The number of carbonyl (C=O) groups is 1. The maximum absolute atomic E-state index is 15.2. The van der Waals surface area contributed by atoms with Crippen LogP contribution in [-0.4, -0.2) is 82.6 Å². The molecule has 0 saturated carbocycles. The number of anilines is 1. The first-order valence-electron chi connectivity index (χ1n) is 15.3. The van der Waals surface area contributed by atoms with E-state index in [0.717, 1.165) is 22.7 Å². The van der Waals surface area contributed by atoms with E-state index < -0.39 is 54.3 Å². The van der Waals surface area contributed by atoms with Gasteiger partial charge in [-0.3, -0.25) is 19.1 Å². The van der Waals surface area contributed by atoms with E-state index >= 15 is 4.39 Å². The number of hydrogen-bond acceptors (Lipinski definition) is 7. The molecule has 49 heavy (non-hydrogen) atoms. The lowest BCUT2D eigenvalue weighted by atomic mass is 9.94. The van der Waals surface area contributed by atoms with E-state index in [1.54, 1.807) is 53.4 Å². The highest BCUT2D eigenvalue weighted by Crippen LogP contribution is 2.49. The molecule has 1 amide bonds. The van der Waals surface area contributed by atoms with Crippen LogP contribution >= 0.6 is 23.2 Å². The number of amides is 1. The molecule has 0 bridgehead atoms. The third kappa shape index (κ3) is 7.12. The van der Waals surface area contributed by atoms with Crippen molar-refractivity contribution >= 4 is 55.0 Å². The Bertz CT molecular complexity index is 2160. The van der Waals surface area contributed by atoms with Crippen LogP contribution in [0.1, 0.15) is 33.6 Å². The Kier molecular flexibility index (Phi) is 9.90. The quantitative estimate of drug-likeness (QED) is 0.273. The van der Waals surface area contributed by atoms with Crippen LogP contribution < -0.4 is 14.6 Å². The minimum atomic E-state index is -4.64. The van der Waals surface area contributed by atoms with E-state index in [1.165, 1.54) is 28.8 Å².